The third-order valence-electron chi connectivity index (χ3n) is 3.49. The van der Waals surface area contributed by atoms with Crippen molar-refractivity contribution in [3.8, 4) is 11.5 Å². The summed E-state index contributed by atoms with van der Waals surface area (Å²) in [5.74, 6) is 1.72. The Balaban J connectivity index is 2.48. The van der Waals surface area contributed by atoms with E-state index in [1.165, 1.54) is 23.7 Å². The Morgan fingerprint density at radius 1 is 1.19 bits per heavy atom. The number of benzene rings is 1. The van der Waals surface area contributed by atoms with Gasteiger partial charge in [-0.3, -0.25) is 0 Å². The zero-order valence-electron chi connectivity index (χ0n) is 10.4. The molecule has 0 aromatic heterocycles. The van der Waals surface area contributed by atoms with Crippen LogP contribution < -0.4 is 9.47 Å². The van der Waals surface area contributed by atoms with Gasteiger partial charge in [0.2, 0.25) is 0 Å². The summed E-state index contributed by atoms with van der Waals surface area (Å²) in [6.45, 7) is 4.72. The molecule has 0 fully saturated rings. The van der Waals surface area contributed by atoms with Gasteiger partial charge in [-0.25, -0.2) is 0 Å². The average molecular weight is 238 g/mol. The predicted octanol–water partition coefficient (Wildman–Crippen LogP) is 3.43. The van der Waals surface area contributed by atoms with Crippen molar-refractivity contribution in [3.63, 3.8) is 0 Å². The number of fused-ring (bicyclic) bond motifs is 1. The summed E-state index contributed by atoms with van der Waals surface area (Å²) in [5, 5.41) is 0. The Hall–Kier alpha value is -0.750. The molecule has 16 heavy (non-hydrogen) atoms. The summed E-state index contributed by atoms with van der Waals surface area (Å²) in [7, 11) is 3.53. The van der Waals surface area contributed by atoms with Crippen molar-refractivity contribution in [3.05, 3.63) is 23.3 Å². The van der Waals surface area contributed by atoms with Gasteiger partial charge in [-0.05, 0) is 42.5 Å². The van der Waals surface area contributed by atoms with Gasteiger partial charge in [0.15, 0.2) is 11.5 Å². The van der Waals surface area contributed by atoms with Crippen LogP contribution in [0.1, 0.15) is 23.7 Å². The first kappa shape index (κ1) is 11.7. The first-order chi connectivity index (χ1) is 7.67. The number of ether oxygens (including phenoxy) is 2. The number of methoxy groups -OCH3 is 2. The predicted molar refractivity (Wildman–Crippen MR) is 69.4 cm³/mol. The molecule has 88 valence electrons. The first-order valence-corrected chi connectivity index (χ1v) is 7.66. The molecule has 2 atom stereocenters. The smallest absolute Gasteiger partial charge is 0.161 e. The van der Waals surface area contributed by atoms with Crippen molar-refractivity contribution in [2.75, 3.05) is 27.0 Å². The highest BCUT2D eigenvalue weighted by Crippen LogP contribution is 2.53. The average Bonchev–Trinajstić information content (AvgIpc) is 2.32. The quantitative estimate of drug-likeness (QED) is 0.735. The number of aryl methyl sites for hydroxylation is 1. The Morgan fingerprint density at radius 2 is 1.81 bits per heavy atom. The Kier molecular flexibility index (Phi) is 3.39. The lowest BCUT2D eigenvalue weighted by molar-refractivity contribution is 0.354. The summed E-state index contributed by atoms with van der Waals surface area (Å²) in [6, 6.07) is 4.31. The van der Waals surface area contributed by atoms with Crippen LogP contribution in [-0.4, -0.2) is 27.0 Å². The molecular formula is C13H19O2P. The molecule has 0 radical (unpaired) electrons. The van der Waals surface area contributed by atoms with Gasteiger partial charge in [0, 0.05) is 5.66 Å². The van der Waals surface area contributed by atoms with E-state index in [2.05, 4.69) is 25.7 Å². The van der Waals surface area contributed by atoms with Crippen LogP contribution in [0.15, 0.2) is 12.1 Å². The van der Waals surface area contributed by atoms with Gasteiger partial charge in [-0.1, -0.05) is 6.92 Å². The summed E-state index contributed by atoms with van der Waals surface area (Å²) in [6.07, 6.45) is 2.52. The molecule has 1 aromatic carbocycles. The second kappa shape index (κ2) is 4.63. The molecule has 2 nitrogen and oxygen atoms in total. The van der Waals surface area contributed by atoms with Gasteiger partial charge in [-0.2, -0.15) is 0 Å². The SMILES string of the molecule is COc1cc2c(cc1OC)[C@H](C)[P@](C)CC2. The maximum Gasteiger partial charge on any atom is 0.161 e. The van der Waals surface area contributed by atoms with E-state index in [1.807, 2.05) is 0 Å². The van der Waals surface area contributed by atoms with E-state index in [9.17, 15) is 0 Å². The minimum absolute atomic E-state index is 0.133. The largest absolute Gasteiger partial charge is 0.493 e. The maximum absolute atomic E-state index is 5.37. The maximum atomic E-state index is 5.37. The van der Waals surface area contributed by atoms with Crippen molar-refractivity contribution in [1.29, 1.82) is 0 Å². The molecule has 0 unspecified atom stereocenters. The van der Waals surface area contributed by atoms with E-state index in [1.54, 1.807) is 14.2 Å². The molecule has 0 saturated carbocycles. The fourth-order valence-electron chi connectivity index (χ4n) is 2.27. The third kappa shape index (κ3) is 1.91. The van der Waals surface area contributed by atoms with E-state index in [0.29, 0.717) is 5.66 Å². The molecular weight excluding hydrogens is 219 g/mol. The zero-order chi connectivity index (χ0) is 11.7. The van der Waals surface area contributed by atoms with Crippen molar-refractivity contribution < 1.29 is 9.47 Å². The molecule has 0 amide bonds. The van der Waals surface area contributed by atoms with Gasteiger partial charge < -0.3 is 9.47 Å². The lowest BCUT2D eigenvalue weighted by atomic mass is 10.0. The first-order valence-electron chi connectivity index (χ1n) is 5.62. The molecule has 0 saturated heterocycles. The molecule has 1 aliphatic rings. The normalized spacial score (nSPS) is 23.8. The lowest BCUT2D eigenvalue weighted by Gasteiger charge is -2.30. The van der Waals surface area contributed by atoms with E-state index < -0.39 is 0 Å². The molecule has 1 aliphatic heterocycles. The topological polar surface area (TPSA) is 18.5 Å². The molecule has 0 aliphatic carbocycles. The Labute approximate surface area is 98.7 Å². The summed E-state index contributed by atoms with van der Waals surface area (Å²) in [4.78, 5) is 0. The molecule has 1 aromatic rings. The number of rotatable bonds is 2. The van der Waals surface area contributed by atoms with Crippen LogP contribution in [0.4, 0.5) is 0 Å². The Bertz CT molecular complexity index is 390. The highest BCUT2D eigenvalue weighted by atomic mass is 31.1. The minimum Gasteiger partial charge on any atom is -0.493 e. The fourth-order valence-corrected chi connectivity index (χ4v) is 3.97. The number of hydrogen-bond donors (Lipinski definition) is 0. The summed E-state index contributed by atoms with van der Waals surface area (Å²) >= 11 is 0. The molecule has 2 rings (SSSR count). The number of hydrogen-bond acceptors (Lipinski definition) is 2. The molecule has 0 N–H and O–H groups in total. The van der Waals surface area contributed by atoms with Crippen LogP contribution in [-0.2, 0) is 6.42 Å². The van der Waals surface area contributed by atoms with Crippen LogP contribution in [0.3, 0.4) is 0 Å². The van der Waals surface area contributed by atoms with Crippen LogP contribution in [0.5, 0.6) is 11.5 Å². The van der Waals surface area contributed by atoms with Gasteiger partial charge in [0.1, 0.15) is 0 Å². The molecule has 0 spiro atoms. The summed E-state index contributed by atoms with van der Waals surface area (Å²) < 4.78 is 10.7. The van der Waals surface area contributed by atoms with E-state index in [0.717, 1.165) is 11.5 Å². The van der Waals surface area contributed by atoms with Gasteiger partial charge >= 0.3 is 0 Å². The molecule has 1 heterocycles. The van der Waals surface area contributed by atoms with Gasteiger partial charge in [0.25, 0.3) is 0 Å². The highest BCUT2D eigenvalue weighted by molar-refractivity contribution is 7.57. The monoisotopic (exact) mass is 238 g/mol. The summed E-state index contributed by atoms with van der Waals surface area (Å²) in [5.41, 5.74) is 3.57. The van der Waals surface area contributed by atoms with Crippen LogP contribution in [0.2, 0.25) is 0 Å². The standard InChI is InChI=1S/C13H19O2P/c1-9-11-8-13(15-3)12(14-2)7-10(11)5-6-16(9)4/h7-9H,5-6H2,1-4H3/t9-,16+/m0/s1. The van der Waals surface area contributed by atoms with Crippen molar-refractivity contribution >= 4 is 7.92 Å². The van der Waals surface area contributed by atoms with E-state index in [4.69, 9.17) is 9.47 Å². The van der Waals surface area contributed by atoms with Crippen molar-refractivity contribution in [2.24, 2.45) is 0 Å². The second-order valence-corrected chi connectivity index (χ2v) is 7.05. The van der Waals surface area contributed by atoms with Crippen LogP contribution >= 0.6 is 7.92 Å². The lowest BCUT2D eigenvalue weighted by Crippen LogP contribution is -2.09. The van der Waals surface area contributed by atoms with E-state index >= 15 is 0 Å². The minimum atomic E-state index is 0.133. The molecule has 0 bridgehead atoms. The van der Waals surface area contributed by atoms with Crippen LogP contribution in [0, 0.1) is 0 Å². The van der Waals surface area contributed by atoms with Crippen molar-refractivity contribution in [1.82, 2.24) is 0 Å². The van der Waals surface area contributed by atoms with E-state index in [-0.39, 0.29) is 7.92 Å². The van der Waals surface area contributed by atoms with Gasteiger partial charge in [0.05, 0.1) is 14.2 Å². The fraction of sp³-hybridized carbons (Fsp3) is 0.538. The Morgan fingerprint density at radius 3 is 2.44 bits per heavy atom. The highest BCUT2D eigenvalue weighted by Gasteiger charge is 2.24. The van der Waals surface area contributed by atoms with Crippen molar-refractivity contribution in [2.45, 2.75) is 19.0 Å². The third-order valence-corrected chi connectivity index (χ3v) is 6.02. The van der Waals surface area contributed by atoms with Gasteiger partial charge in [-0.15, -0.1) is 7.92 Å². The second-order valence-electron chi connectivity index (χ2n) is 4.31. The zero-order valence-corrected chi connectivity index (χ0v) is 11.3. The van der Waals surface area contributed by atoms with Crippen LogP contribution in [0.25, 0.3) is 0 Å². The molecule has 3 heteroatoms.